The first-order chi connectivity index (χ1) is 8.72. The fourth-order valence-corrected chi connectivity index (χ4v) is 2.76. The molecule has 1 aliphatic heterocycles. The van der Waals surface area contributed by atoms with Crippen molar-refractivity contribution in [1.29, 1.82) is 0 Å². The molecule has 1 aromatic heterocycles. The Bertz CT molecular complexity index is 356. The molecule has 1 aliphatic rings. The van der Waals surface area contributed by atoms with Crippen molar-refractivity contribution < 1.29 is 4.74 Å². The highest BCUT2D eigenvalue weighted by Gasteiger charge is 2.21. The number of nitrogens with zero attached hydrogens (tertiary/aromatic N) is 2. The average Bonchev–Trinajstić information content (AvgIpc) is 2.79. The van der Waals surface area contributed by atoms with Gasteiger partial charge in [0.05, 0.1) is 12.9 Å². The molecule has 1 saturated heterocycles. The molecule has 4 nitrogen and oxygen atoms in total. The lowest BCUT2D eigenvalue weighted by atomic mass is 9.92. The van der Waals surface area contributed by atoms with Crippen LogP contribution in [0.15, 0.2) is 12.5 Å². The van der Waals surface area contributed by atoms with Crippen molar-refractivity contribution in [2.45, 2.75) is 39.2 Å². The molecule has 0 spiro atoms. The number of rotatable bonds is 5. The van der Waals surface area contributed by atoms with E-state index in [0.717, 1.165) is 19.8 Å². The van der Waals surface area contributed by atoms with Gasteiger partial charge < -0.3 is 15.0 Å². The van der Waals surface area contributed by atoms with E-state index < -0.39 is 0 Å². The van der Waals surface area contributed by atoms with Crippen LogP contribution in [0.5, 0.6) is 0 Å². The van der Waals surface area contributed by atoms with Crippen LogP contribution in [0.25, 0.3) is 0 Å². The molecule has 2 heterocycles. The Balaban J connectivity index is 2.06. The van der Waals surface area contributed by atoms with Gasteiger partial charge in [-0.25, -0.2) is 4.98 Å². The largest absolute Gasteiger partial charge is 0.381 e. The second kappa shape index (κ2) is 6.34. The van der Waals surface area contributed by atoms with Gasteiger partial charge in [-0.15, -0.1) is 0 Å². The van der Waals surface area contributed by atoms with Crippen molar-refractivity contribution >= 4 is 0 Å². The summed E-state index contributed by atoms with van der Waals surface area (Å²) in [7, 11) is 0. The smallest absolute Gasteiger partial charge is 0.0948 e. The van der Waals surface area contributed by atoms with Crippen LogP contribution in [0.3, 0.4) is 0 Å². The van der Waals surface area contributed by atoms with E-state index in [9.17, 15) is 0 Å². The Morgan fingerprint density at radius 2 is 2.39 bits per heavy atom. The van der Waals surface area contributed by atoms with Crippen molar-refractivity contribution in [2.75, 3.05) is 19.8 Å². The Morgan fingerprint density at radius 1 is 1.56 bits per heavy atom. The van der Waals surface area contributed by atoms with E-state index in [-0.39, 0.29) is 0 Å². The normalized spacial score (nSPS) is 22.3. The van der Waals surface area contributed by atoms with Crippen molar-refractivity contribution in [3.8, 4) is 0 Å². The lowest BCUT2D eigenvalue weighted by molar-refractivity contribution is 0.0479. The summed E-state index contributed by atoms with van der Waals surface area (Å²) in [6.07, 6.45) is 6.35. The molecule has 2 unspecified atom stereocenters. The van der Waals surface area contributed by atoms with Gasteiger partial charge in [-0.05, 0) is 18.8 Å². The zero-order valence-corrected chi connectivity index (χ0v) is 11.5. The fraction of sp³-hybridized carbons (Fsp3) is 0.786. The molecule has 1 fully saturated rings. The minimum atomic E-state index is 0.400. The second-order valence-corrected chi connectivity index (χ2v) is 5.64. The first-order valence-corrected chi connectivity index (χ1v) is 7.00. The van der Waals surface area contributed by atoms with E-state index >= 15 is 0 Å². The maximum Gasteiger partial charge on any atom is 0.0948 e. The molecule has 0 bridgehead atoms. The summed E-state index contributed by atoms with van der Waals surface area (Å²) < 4.78 is 7.82. The number of ether oxygens (including phenoxy) is 1. The minimum absolute atomic E-state index is 0.400. The summed E-state index contributed by atoms with van der Waals surface area (Å²) in [6.45, 7) is 7.94. The molecule has 2 rings (SSSR count). The molecule has 0 saturated carbocycles. The van der Waals surface area contributed by atoms with Gasteiger partial charge in [-0.1, -0.05) is 13.8 Å². The molecule has 0 amide bonds. The zero-order valence-electron chi connectivity index (χ0n) is 11.5. The van der Waals surface area contributed by atoms with Gasteiger partial charge in [0.25, 0.3) is 0 Å². The van der Waals surface area contributed by atoms with Gasteiger partial charge in [0, 0.05) is 43.4 Å². The Hall–Kier alpha value is -0.870. The summed E-state index contributed by atoms with van der Waals surface area (Å²) in [5, 5.41) is 0. The highest BCUT2D eigenvalue weighted by molar-refractivity contribution is 5.08. The van der Waals surface area contributed by atoms with Crippen molar-refractivity contribution in [3.63, 3.8) is 0 Å². The summed E-state index contributed by atoms with van der Waals surface area (Å²) >= 11 is 0. The Kier molecular flexibility index (Phi) is 4.78. The molecular formula is C14H25N3O. The highest BCUT2D eigenvalue weighted by atomic mass is 16.5. The number of nitrogens with two attached hydrogens (primary N) is 1. The van der Waals surface area contributed by atoms with Crippen LogP contribution < -0.4 is 5.73 Å². The molecule has 0 aliphatic carbocycles. The predicted octanol–water partition coefficient (Wildman–Crippen LogP) is 2.01. The van der Waals surface area contributed by atoms with Crippen molar-refractivity contribution in [2.24, 2.45) is 17.6 Å². The van der Waals surface area contributed by atoms with Gasteiger partial charge >= 0.3 is 0 Å². The molecule has 18 heavy (non-hydrogen) atoms. The molecule has 1 aromatic rings. The third-order valence-corrected chi connectivity index (χ3v) is 3.89. The van der Waals surface area contributed by atoms with E-state index in [1.165, 1.54) is 18.5 Å². The van der Waals surface area contributed by atoms with E-state index in [1.54, 1.807) is 0 Å². The van der Waals surface area contributed by atoms with Gasteiger partial charge in [0.1, 0.15) is 0 Å². The van der Waals surface area contributed by atoms with E-state index in [4.69, 9.17) is 10.5 Å². The van der Waals surface area contributed by atoms with Crippen LogP contribution in [0.1, 0.15) is 38.3 Å². The Labute approximate surface area is 110 Å². The summed E-state index contributed by atoms with van der Waals surface area (Å²) in [4.78, 5) is 4.31. The quantitative estimate of drug-likeness (QED) is 0.871. The van der Waals surface area contributed by atoms with Gasteiger partial charge in [0.2, 0.25) is 0 Å². The van der Waals surface area contributed by atoms with Crippen LogP contribution >= 0.6 is 0 Å². The molecular weight excluding hydrogens is 226 g/mol. The topological polar surface area (TPSA) is 53.1 Å². The van der Waals surface area contributed by atoms with E-state index in [0.29, 0.717) is 24.3 Å². The minimum Gasteiger partial charge on any atom is -0.381 e. The van der Waals surface area contributed by atoms with Crippen molar-refractivity contribution in [3.05, 3.63) is 18.2 Å². The molecule has 102 valence electrons. The molecule has 2 N–H and O–H groups in total. The summed E-state index contributed by atoms with van der Waals surface area (Å²) in [5.74, 6) is 1.57. The Morgan fingerprint density at radius 3 is 3.00 bits per heavy atom. The number of aromatic nitrogens is 2. The molecule has 0 aromatic carbocycles. The van der Waals surface area contributed by atoms with Crippen molar-refractivity contribution in [1.82, 2.24) is 9.55 Å². The van der Waals surface area contributed by atoms with Crippen LogP contribution in [-0.2, 0) is 11.3 Å². The summed E-state index contributed by atoms with van der Waals surface area (Å²) in [6, 6.07) is 0. The summed E-state index contributed by atoms with van der Waals surface area (Å²) in [5.41, 5.74) is 7.18. The third kappa shape index (κ3) is 3.12. The SMILES string of the molecule is CC(C)C(CN)c1cncn1CC1CCCOC1. The van der Waals surface area contributed by atoms with Gasteiger partial charge in [-0.2, -0.15) is 0 Å². The number of hydrogen-bond acceptors (Lipinski definition) is 3. The lowest BCUT2D eigenvalue weighted by Gasteiger charge is -2.25. The fourth-order valence-electron chi connectivity index (χ4n) is 2.76. The average molecular weight is 251 g/mol. The second-order valence-electron chi connectivity index (χ2n) is 5.64. The molecule has 4 heteroatoms. The lowest BCUT2D eigenvalue weighted by Crippen LogP contribution is -2.25. The predicted molar refractivity (Wildman–Crippen MR) is 72.4 cm³/mol. The monoisotopic (exact) mass is 251 g/mol. The standard InChI is InChI=1S/C14H25N3O/c1-11(2)13(6-15)14-7-16-10-17(14)8-12-4-3-5-18-9-12/h7,10-13H,3-6,8-9,15H2,1-2H3. The van der Waals surface area contributed by atoms with Crippen LogP contribution in [0, 0.1) is 11.8 Å². The highest BCUT2D eigenvalue weighted by Crippen LogP contribution is 2.25. The first-order valence-electron chi connectivity index (χ1n) is 7.00. The van der Waals surface area contributed by atoms with Gasteiger partial charge in [0.15, 0.2) is 0 Å². The van der Waals surface area contributed by atoms with E-state index in [1.807, 2.05) is 12.5 Å². The maximum atomic E-state index is 5.90. The van der Waals surface area contributed by atoms with Crippen LogP contribution in [0.2, 0.25) is 0 Å². The van der Waals surface area contributed by atoms with Gasteiger partial charge in [-0.3, -0.25) is 0 Å². The van der Waals surface area contributed by atoms with Crippen LogP contribution in [-0.4, -0.2) is 29.3 Å². The first kappa shape index (κ1) is 13.6. The number of hydrogen-bond donors (Lipinski definition) is 1. The molecule has 2 atom stereocenters. The zero-order chi connectivity index (χ0) is 13.0. The maximum absolute atomic E-state index is 5.90. The third-order valence-electron chi connectivity index (χ3n) is 3.89. The molecule has 0 radical (unpaired) electrons. The van der Waals surface area contributed by atoms with E-state index in [2.05, 4.69) is 23.4 Å². The van der Waals surface area contributed by atoms with Crippen LogP contribution in [0.4, 0.5) is 0 Å². The number of imidazole rings is 1.